The highest BCUT2D eigenvalue weighted by atomic mass is 35.5. The van der Waals surface area contributed by atoms with Crippen LogP contribution in [0, 0.1) is 5.82 Å². The first-order chi connectivity index (χ1) is 8.19. The topological polar surface area (TPSA) is 50.9 Å². The molecule has 2 aromatic rings. The molecule has 0 bridgehead atoms. The Hall–Kier alpha value is -1.46. The predicted molar refractivity (Wildman–Crippen MR) is 62.0 cm³/mol. The first-order valence-electron chi connectivity index (χ1n) is 5.16. The quantitative estimate of drug-likeness (QED) is 0.915. The van der Waals surface area contributed by atoms with E-state index in [4.69, 9.17) is 16.7 Å². The van der Waals surface area contributed by atoms with Gasteiger partial charge in [-0.3, -0.25) is 0 Å². The van der Waals surface area contributed by atoms with Crippen LogP contribution in [-0.4, -0.2) is 19.9 Å². The van der Waals surface area contributed by atoms with Gasteiger partial charge in [-0.05, 0) is 19.1 Å². The molecule has 0 saturated heterocycles. The molecule has 1 heterocycles. The normalized spacial score (nSPS) is 10.8. The van der Waals surface area contributed by atoms with E-state index in [9.17, 15) is 4.39 Å². The van der Waals surface area contributed by atoms with Crippen molar-refractivity contribution in [3.8, 4) is 11.4 Å². The summed E-state index contributed by atoms with van der Waals surface area (Å²) >= 11 is 5.96. The summed E-state index contributed by atoms with van der Waals surface area (Å²) in [6.45, 7) is 2.15. The summed E-state index contributed by atoms with van der Waals surface area (Å²) in [6.07, 6.45) is 0. The molecule has 2 rings (SSSR count). The Morgan fingerprint density at radius 1 is 1.41 bits per heavy atom. The zero-order valence-corrected chi connectivity index (χ0v) is 9.95. The van der Waals surface area contributed by atoms with Gasteiger partial charge in [0.05, 0.1) is 10.6 Å². The highest BCUT2D eigenvalue weighted by Gasteiger charge is 2.18. The molecule has 0 aliphatic carbocycles. The van der Waals surface area contributed by atoms with Gasteiger partial charge >= 0.3 is 0 Å². The summed E-state index contributed by atoms with van der Waals surface area (Å²) in [7, 11) is 0. The molecule has 0 aliphatic heterocycles. The van der Waals surface area contributed by atoms with Crippen molar-refractivity contribution in [1.82, 2.24) is 14.8 Å². The number of hydrogen-bond donors (Lipinski definition) is 1. The number of aromatic nitrogens is 3. The van der Waals surface area contributed by atoms with E-state index in [0.717, 1.165) is 0 Å². The van der Waals surface area contributed by atoms with Crippen LogP contribution < -0.4 is 0 Å². The minimum absolute atomic E-state index is 0.211. The fraction of sp³-hybridized carbons (Fsp3) is 0.273. The summed E-state index contributed by atoms with van der Waals surface area (Å²) < 4.78 is 15.4. The van der Waals surface area contributed by atoms with Crippen molar-refractivity contribution >= 4 is 11.6 Å². The molecule has 0 aliphatic rings. The van der Waals surface area contributed by atoms with Crippen LogP contribution >= 0.6 is 11.6 Å². The van der Waals surface area contributed by atoms with E-state index < -0.39 is 5.82 Å². The Morgan fingerprint density at radius 2 is 2.18 bits per heavy atom. The summed E-state index contributed by atoms with van der Waals surface area (Å²) in [5, 5.41) is 17.1. The van der Waals surface area contributed by atoms with E-state index in [-0.39, 0.29) is 17.2 Å². The third-order valence-electron chi connectivity index (χ3n) is 2.47. The molecular formula is C11H11ClFN3O. The van der Waals surface area contributed by atoms with Gasteiger partial charge in [-0.2, -0.15) is 0 Å². The second kappa shape index (κ2) is 4.81. The molecule has 1 aromatic heterocycles. The lowest BCUT2D eigenvalue weighted by Crippen LogP contribution is -2.04. The maximum Gasteiger partial charge on any atom is 0.168 e. The van der Waals surface area contributed by atoms with Gasteiger partial charge in [0.25, 0.3) is 0 Å². The molecule has 4 nitrogen and oxygen atoms in total. The number of benzene rings is 1. The highest BCUT2D eigenvalue weighted by Crippen LogP contribution is 2.29. The SMILES string of the molecule is CCn1c(CO)nnc1-c1c(F)cccc1Cl. The van der Waals surface area contributed by atoms with E-state index in [1.165, 1.54) is 12.1 Å². The Balaban J connectivity index is 2.64. The molecular weight excluding hydrogens is 245 g/mol. The Morgan fingerprint density at radius 3 is 2.76 bits per heavy atom. The highest BCUT2D eigenvalue weighted by molar-refractivity contribution is 6.33. The van der Waals surface area contributed by atoms with Gasteiger partial charge in [0.15, 0.2) is 11.6 Å². The monoisotopic (exact) mass is 255 g/mol. The number of aliphatic hydroxyl groups is 1. The molecule has 6 heteroatoms. The molecule has 17 heavy (non-hydrogen) atoms. The summed E-state index contributed by atoms with van der Waals surface area (Å²) in [6, 6.07) is 4.43. The summed E-state index contributed by atoms with van der Waals surface area (Å²) in [5.41, 5.74) is 0.211. The van der Waals surface area contributed by atoms with Crippen molar-refractivity contribution in [1.29, 1.82) is 0 Å². The second-order valence-corrected chi connectivity index (χ2v) is 3.85. The van der Waals surface area contributed by atoms with Crippen molar-refractivity contribution in [3.63, 3.8) is 0 Å². The van der Waals surface area contributed by atoms with Crippen LogP contribution in [0.2, 0.25) is 5.02 Å². The van der Waals surface area contributed by atoms with Crippen molar-refractivity contribution in [2.24, 2.45) is 0 Å². The molecule has 0 atom stereocenters. The molecule has 0 radical (unpaired) electrons. The van der Waals surface area contributed by atoms with Gasteiger partial charge in [-0.1, -0.05) is 17.7 Å². The van der Waals surface area contributed by atoms with E-state index in [0.29, 0.717) is 18.2 Å². The van der Waals surface area contributed by atoms with Crippen LogP contribution in [0.5, 0.6) is 0 Å². The van der Waals surface area contributed by atoms with Crippen LogP contribution in [0.3, 0.4) is 0 Å². The number of hydrogen-bond acceptors (Lipinski definition) is 3. The van der Waals surface area contributed by atoms with E-state index >= 15 is 0 Å². The molecule has 1 aromatic carbocycles. The molecule has 0 saturated carbocycles. The Bertz CT molecular complexity index is 521. The maximum atomic E-state index is 13.7. The predicted octanol–water partition coefficient (Wildman–Crippen LogP) is 2.25. The minimum atomic E-state index is -0.455. The van der Waals surface area contributed by atoms with Crippen molar-refractivity contribution in [2.75, 3.05) is 0 Å². The Labute approximate surface area is 103 Å². The van der Waals surface area contributed by atoms with Crippen molar-refractivity contribution in [2.45, 2.75) is 20.1 Å². The standard InChI is InChI=1S/C11H11ClFN3O/c1-2-16-9(6-17)14-15-11(16)10-7(12)4-3-5-8(10)13/h3-5,17H,2,6H2,1H3. The largest absolute Gasteiger partial charge is 0.388 e. The molecule has 1 N–H and O–H groups in total. The van der Waals surface area contributed by atoms with Gasteiger partial charge < -0.3 is 9.67 Å². The lowest BCUT2D eigenvalue weighted by molar-refractivity contribution is 0.265. The van der Waals surface area contributed by atoms with E-state index in [1.54, 1.807) is 10.6 Å². The van der Waals surface area contributed by atoms with Gasteiger partial charge in [-0.25, -0.2) is 4.39 Å². The lowest BCUT2D eigenvalue weighted by atomic mass is 10.2. The molecule has 90 valence electrons. The number of aliphatic hydroxyl groups excluding tert-OH is 1. The van der Waals surface area contributed by atoms with Gasteiger partial charge in [0.2, 0.25) is 0 Å². The molecule has 0 unspecified atom stereocenters. The molecule has 0 amide bonds. The van der Waals surface area contributed by atoms with Gasteiger partial charge in [0.1, 0.15) is 12.4 Å². The lowest BCUT2D eigenvalue weighted by Gasteiger charge is -2.08. The van der Waals surface area contributed by atoms with E-state index in [2.05, 4.69) is 10.2 Å². The zero-order valence-electron chi connectivity index (χ0n) is 9.19. The number of rotatable bonds is 3. The van der Waals surface area contributed by atoms with Gasteiger partial charge in [0, 0.05) is 6.54 Å². The van der Waals surface area contributed by atoms with Crippen molar-refractivity contribution in [3.05, 3.63) is 34.9 Å². The molecule has 0 fully saturated rings. The van der Waals surface area contributed by atoms with Gasteiger partial charge in [-0.15, -0.1) is 10.2 Å². The van der Waals surface area contributed by atoms with Crippen LogP contribution in [0.4, 0.5) is 4.39 Å². The fourth-order valence-electron chi connectivity index (χ4n) is 1.68. The second-order valence-electron chi connectivity index (χ2n) is 3.44. The number of halogens is 2. The average Bonchev–Trinajstić information content (AvgIpc) is 2.71. The third-order valence-corrected chi connectivity index (χ3v) is 2.79. The number of nitrogens with zero attached hydrogens (tertiary/aromatic N) is 3. The smallest absolute Gasteiger partial charge is 0.168 e. The summed E-state index contributed by atoms with van der Waals surface area (Å²) in [4.78, 5) is 0. The summed E-state index contributed by atoms with van der Waals surface area (Å²) in [5.74, 6) is 0.269. The Kier molecular flexibility index (Phi) is 3.40. The maximum absolute atomic E-state index is 13.7. The first-order valence-corrected chi connectivity index (χ1v) is 5.54. The van der Waals surface area contributed by atoms with Crippen LogP contribution in [0.15, 0.2) is 18.2 Å². The van der Waals surface area contributed by atoms with Crippen LogP contribution in [0.25, 0.3) is 11.4 Å². The molecule has 0 spiro atoms. The van der Waals surface area contributed by atoms with E-state index in [1.807, 2.05) is 6.92 Å². The zero-order chi connectivity index (χ0) is 12.4. The van der Waals surface area contributed by atoms with Crippen LogP contribution in [0.1, 0.15) is 12.7 Å². The minimum Gasteiger partial charge on any atom is -0.388 e. The van der Waals surface area contributed by atoms with Crippen molar-refractivity contribution < 1.29 is 9.50 Å². The fourth-order valence-corrected chi connectivity index (χ4v) is 1.93. The van der Waals surface area contributed by atoms with Crippen LogP contribution in [-0.2, 0) is 13.2 Å². The first kappa shape index (κ1) is 12.0. The third kappa shape index (κ3) is 2.03. The average molecular weight is 256 g/mol.